The van der Waals surface area contributed by atoms with Crippen LogP contribution in [0.2, 0.25) is 0 Å². The molecule has 0 aliphatic rings. The average molecular weight is 280 g/mol. The highest BCUT2D eigenvalue weighted by atomic mass is 16.5. The number of nitrogens with one attached hydrogen (secondary N) is 2. The zero-order valence-electron chi connectivity index (χ0n) is 12.6. The van der Waals surface area contributed by atoms with Crippen molar-refractivity contribution < 1.29 is 14.6 Å². The molecule has 0 fully saturated rings. The summed E-state index contributed by atoms with van der Waals surface area (Å²) in [7, 11) is 0. The lowest BCUT2D eigenvalue weighted by Gasteiger charge is -2.25. The van der Waals surface area contributed by atoms with Gasteiger partial charge in [-0.05, 0) is 46.2 Å². The summed E-state index contributed by atoms with van der Waals surface area (Å²) in [6.45, 7) is 7.61. The van der Waals surface area contributed by atoms with Crippen molar-refractivity contribution in [3.05, 3.63) is 24.3 Å². The number of ether oxygens (including phenoxy) is 1. The summed E-state index contributed by atoms with van der Waals surface area (Å²) in [6.07, 6.45) is 0.525. The number of hydrogen-bond donors (Lipinski definition) is 3. The van der Waals surface area contributed by atoms with Crippen LogP contribution in [0.4, 0.5) is 10.5 Å². The van der Waals surface area contributed by atoms with E-state index in [1.165, 1.54) is 0 Å². The van der Waals surface area contributed by atoms with E-state index in [9.17, 15) is 4.79 Å². The van der Waals surface area contributed by atoms with Gasteiger partial charge >= 0.3 is 6.03 Å². The van der Waals surface area contributed by atoms with Gasteiger partial charge in [0.05, 0.1) is 11.8 Å². The zero-order chi connectivity index (χ0) is 15.2. The topological polar surface area (TPSA) is 70.6 Å². The zero-order valence-corrected chi connectivity index (χ0v) is 12.6. The fourth-order valence-electron chi connectivity index (χ4n) is 1.73. The van der Waals surface area contributed by atoms with Crippen LogP contribution in [0.15, 0.2) is 24.3 Å². The smallest absolute Gasteiger partial charge is 0.319 e. The second kappa shape index (κ2) is 7.14. The van der Waals surface area contributed by atoms with Gasteiger partial charge in [-0.25, -0.2) is 4.79 Å². The summed E-state index contributed by atoms with van der Waals surface area (Å²) in [5, 5.41) is 14.6. The van der Waals surface area contributed by atoms with Crippen LogP contribution in [0.25, 0.3) is 0 Å². The Balaban J connectivity index is 2.71. The lowest BCUT2D eigenvalue weighted by atomic mass is 10.0. The molecule has 20 heavy (non-hydrogen) atoms. The molecule has 0 spiro atoms. The summed E-state index contributed by atoms with van der Waals surface area (Å²) in [5.74, 6) is 0.637. The van der Waals surface area contributed by atoms with Crippen LogP contribution in [0.5, 0.6) is 5.75 Å². The standard InChI is InChI=1S/C15H24N2O3/c1-11(2)20-13-8-6-5-7-12(13)16-14(19)17-15(3,4)9-10-18/h5-8,11,18H,9-10H2,1-4H3,(H2,16,17,19). The van der Waals surface area contributed by atoms with Gasteiger partial charge in [-0.3, -0.25) is 0 Å². The van der Waals surface area contributed by atoms with Gasteiger partial charge in [0, 0.05) is 12.1 Å². The first-order chi connectivity index (χ1) is 9.34. The summed E-state index contributed by atoms with van der Waals surface area (Å²) in [4.78, 5) is 12.0. The number of aliphatic hydroxyl groups is 1. The highest BCUT2D eigenvalue weighted by molar-refractivity contribution is 5.91. The minimum atomic E-state index is -0.466. The maximum Gasteiger partial charge on any atom is 0.319 e. The number of aliphatic hydroxyl groups excluding tert-OH is 1. The molecule has 0 aliphatic heterocycles. The third-order valence-corrected chi connectivity index (χ3v) is 2.69. The van der Waals surface area contributed by atoms with Gasteiger partial charge in [0.15, 0.2) is 0 Å². The molecule has 1 rings (SSSR count). The molecule has 0 atom stereocenters. The van der Waals surface area contributed by atoms with E-state index in [-0.39, 0.29) is 18.7 Å². The molecule has 112 valence electrons. The van der Waals surface area contributed by atoms with Crippen molar-refractivity contribution >= 4 is 11.7 Å². The van der Waals surface area contributed by atoms with Crippen LogP contribution in [0, 0.1) is 0 Å². The SMILES string of the molecule is CC(C)Oc1ccccc1NC(=O)NC(C)(C)CCO. The van der Waals surface area contributed by atoms with Gasteiger partial charge in [-0.15, -0.1) is 0 Å². The second-order valence-corrected chi connectivity index (χ2v) is 5.60. The van der Waals surface area contributed by atoms with Crippen molar-refractivity contribution in [2.45, 2.75) is 45.8 Å². The summed E-state index contributed by atoms with van der Waals surface area (Å²) in [5.41, 5.74) is 0.158. The maximum atomic E-state index is 12.0. The number of benzene rings is 1. The van der Waals surface area contributed by atoms with E-state index < -0.39 is 5.54 Å². The first-order valence-corrected chi connectivity index (χ1v) is 6.80. The highest BCUT2D eigenvalue weighted by Crippen LogP contribution is 2.24. The molecule has 0 saturated carbocycles. The Morgan fingerprint density at radius 1 is 1.35 bits per heavy atom. The van der Waals surface area contributed by atoms with Gasteiger partial charge in [-0.2, -0.15) is 0 Å². The normalized spacial score (nSPS) is 11.3. The number of para-hydroxylation sites is 2. The minimum Gasteiger partial charge on any atom is -0.489 e. The first kappa shape index (κ1) is 16.3. The van der Waals surface area contributed by atoms with E-state index >= 15 is 0 Å². The molecular weight excluding hydrogens is 256 g/mol. The van der Waals surface area contributed by atoms with E-state index in [0.717, 1.165) is 0 Å². The molecule has 5 nitrogen and oxygen atoms in total. The van der Waals surface area contributed by atoms with E-state index in [4.69, 9.17) is 9.84 Å². The van der Waals surface area contributed by atoms with Crippen LogP contribution in [-0.4, -0.2) is 29.4 Å². The molecule has 3 N–H and O–H groups in total. The molecular formula is C15H24N2O3. The lowest BCUT2D eigenvalue weighted by molar-refractivity contribution is 0.218. The van der Waals surface area contributed by atoms with Crippen LogP contribution in [0.1, 0.15) is 34.1 Å². The van der Waals surface area contributed by atoms with Gasteiger partial charge in [0.25, 0.3) is 0 Å². The number of carbonyl (C=O) groups excluding carboxylic acids is 1. The van der Waals surface area contributed by atoms with E-state index in [2.05, 4.69) is 10.6 Å². The Morgan fingerprint density at radius 3 is 2.60 bits per heavy atom. The molecule has 0 aromatic heterocycles. The predicted octanol–water partition coefficient (Wildman–Crippen LogP) is 2.76. The van der Waals surface area contributed by atoms with E-state index in [1.54, 1.807) is 6.07 Å². The maximum absolute atomic E-state index is 12.0. The summed E-state index contributed by atoms with van der Waals surface area (Å²) >= 11 is 0. The molecule has 0 bridgehead atoms. The highest BCUT2D eigenvalue weighted by Gasteiger charge is 2.20. The molecule has 0 saturated heterocycles. The van der Waals surface area contributed by atoms with Crippen molar-refractivity contribution in [1.29, 1.82) is 0 Å². The van der Waals surface area contributed by atoms with Crippen LogP contribution in [-0.2, 0) is 0 Å². The first-order valence-electron chi connectivity index (χ1n) is 6.80. The van der Waals surface area contributed by atoms with Crippen LogP contribution in [0.3, 0.4) is 0 Å². The third kappa shape index (κ3) is 5.48. The monoisotopic (exact) mass is 280 g/mol. The Morgan fingerprint density at radius 2 is 2.00 bits per heavy atom. The third-order valence-electron chi connectivity index (χ3n) is 2.69. The van der Waals surface area contributed by atoms with Crippen LogP contribution >= 0.6 is 0 Å². The molecule has 1 aromatic rings. The Hall–Kier alpha value is -1.75. The van der Waals surface area contributed by atoms with Crippen molar-refractivity contribution in [1.82, 2.24) is 5.32 Å². The van der Waals surface area contributed by atoms with E-state index in [0.29, 0.717) is 17.9 Å². The molecule has 0 unspecified atom stereocenters. The molecule has 0 heterocycles. The summed E-state index contributed by atoms with van der Waals surface area (Å²) in [6, 6.07) is 6.98. The number of rotatable bonds is 6. The quantitative estimate of drug-likeness (QED) is 0.750. The van der Waals surface area contributed by atoms with Crippen molar-refractivity contribution in [3.63, 3.8) is 0 Å². The number of urea groups is 1. The lowest BCUT2D eigenvalue weighted by Crippen LogP contribution is -2.46. The number of carbonyl (C=O) groups is 1. The van der Waals surface area contributed by atoms with Gasteiger partial charge in [0.1, 0.15) is 5.75 Å². The minimum absolute atomic E-state index is 0.0281. The Labute approximate surface area is 120 Å². The van der Waals surface area contributed by atoms with Gasteiger partial charge in [-0.1, -0.05) is 12.1 Å². The number of amides is 2. The molecule has 0 aliphatic carbocycles. The number of hydrogen-bond acceptors (Lipinski definition) is 3. The molecule has 0 radical (unpaired) electrons. The van der Waals surface area contributed by atoms with Crippen molar-refractivity contribution in [2.24, 2.45) is 0 Å². The number of anilines is 1. The largest absolute Gasteiger partial charge is 0.489 e. The Bertz CT molecular complexity index is 444. The van der Waals surface area contributed by atoms with E-state index in [1.807, 2.05) is 45.9 Å². The molecule has 5 heteroatoms. The Kier molecular flexibility index (Phi) is 5.82. The summed E-state index contributed by atoms with van der Waals surface area (Å²) < 4.78 is 5.64. The molecule has 2 amide bonds. The molecule has 1 aromatic carbocycles. The fraction of sp³-hybridized carbons (Fsp3) is 0.533. The fourth-order valence-corrected chi connectivity index (χ4v) is 1.73. The second-order valence-electron chi connectivity index (χ2n) is 5.60. The predicted molar refractivity (Wildman–Crippen MR) is 80.1 cm³/mol. The van der Waals surface area contributed by atoms with Gasteiger partial charge in [0.2, 0.25) is 0 Å². The van der Waals surface area contributed by atoms with Crippen molar-refractivity contribution in [2.75, 3.05) is 11.9 Å². The van der Waals surface area contributed by atoms with Crippen molar-refractivity contribution in [3.8, 4) is 5.75 Å². The van der Waals surface area contributed by atoms with Crippen LogP contribution < -0.4 is 15.4 Å². The van der Waals surface area contributed by atoms with Gasteiger partial charge < -0.3 is 20.5 Å². The average Bonchev–Trinajstić information content (AvgIpc) is 2.29.